The van der Waals surface area contributed by atoms with Gasteiger partial charge in [-0.15, -0.1) is 0 Å². The third-order valence-corrected chi connectivity index (χ3v) is 2.69. The Bertz CT molecular complexity index is 262. The third-order valence-electron chi connectivity index (χ3n) is 2.69. The normalized spacial score (nSPS) is 17.0. The molecule has 1 rings (SSSR count). The summed E-state index contributed by atoms with van der Waals surface area (Å²) >= 11 is 0. The zero-order valence-corrected chi connectivity index (χ0v) is 10.4. The predicted molar refractivity (Wildman–Crippen MR) is 66.8 cm³/mol. The molecule has 17 heavy (non-hydrogen) atoms. The molecule has 0 aromatic rings. The molecule has 0 radical (unpaired) electrons. The Kier molecular flexibility index (Phi) is 6.39. The van der Waals surface area contributed by atoms with Gasteiger partial charge in [-0.25, -0.2) is 4.99 Å². The van der Waals surface area contributed by atoms with Crippen LogP contribution in [0.25, 0.3) is 0 Å². The van der Waals surface area contributed by atoms with E-state index in [1.54, 1.807) is 7.11 Å². The summed E-state index contributed by atoms with van der Waals surface area (Å²) in [6.45, 7) is 3.00. The molecule has 0 saturated carbocycles. The number of nitrogens with two attached hydrogens (primary N) is 1. The molecular formula is C11H22N4O2. The highest BCUT2D eigenvalue weighted by Crippen LogP contribution is 2.07. The molecule has 98 valence electrons. The van der Waals surface area contributed by atoms with Crippen molar-refractivity contribution in [3.8, 4) is 0 Å². The van der Waals surface area contributed by atoms with Crippen molar-refractivity contribution in [3.63, 3.8) is 0 Å². The Morgan fingerprint density at radius 3 is 2.76 bits per heavy atom. The molecule has 0 unspecified atom stereocenters. The van der Waals surface area contributed by atoms with E-state index >= 15 is 0 Å². The number of rotatable bonds is 5. The van der Waals surface area contributed by atoms with Crippen LogP contribution in [0.15, 0.2) is 4.99 Å². The highest BCUT2D eigenvalue weighted by Gasteiger charge is 2.11. The average molecular weight is 242 g/mol. The number of methoxy groups -OCH3 is 1. The zero-order valence-electron chi connectivity index (χ0n) is 10.4. The Morgan fingerprint density at radius 1 is 1.41 bits per heavy atom. The van der Waals surface area contributed by atoms with E-state index in [1.165, 1.54) is 6.42 Å². The van der Waals surface area contributed by atoms with E-state index in [9.17, 15) is 4.79 Å². The number of hydrogen-bond donors (Lipinski definition) is 2. The molecular weight excluding hydrogens is 220 g/mol. The van der Waals surface area contributed by atoms with E-state index in [0.717, 1.165) is 25.9 Å². The molecule has 0 atom stereocenters. The minimum Gasteiger partial charge on any atom is -0.383 e. The largest absolute Gasteiger partial charge is 0.383 e. The maximum absolute atomic E-state index is 11.4. The lowest BCUT2D eigenvalue weighted by atomic mass is 10.1. The van der Waals surface area contributed by atoms with E-state index in [2.05, 4.69) is 10.3 Å². The number of guanidine groups is 1. The van der Waals surface area contributed by atoms with E-state index in [4.69, 9.17) is 10.5 Å². The van der Waals surface area contributed by atoms with Gasteiger partial charge in [0.15, 0.2) is 5.96 Å². The Hall–Kier alpha value is -1.30. The van der Waals surface area contributed by atoms with Crippen LogP contribution in [0, 0.1) is 0 Å². The fourth-order valence-corrected chi connectivity index (χ4v) is 1.72. The fourth-order valence-electron chi connectivity index (χ4n) is 1.72. The number of amides is 1. The van der Waals surface area contributed by atoms with E-state index in [-0.39, 0.29) is 12.5 Å². The molecule has 6 heteroatoms. The lowest BCUT2D eigenvalue weighted by Gasteiger charge is -2.27. The Balaban J connectivity index is 2.23. The second kappa shape index (κ2) is 7.89. The van der Waals surface area contributed by atoms with Crippen molar-refractivity contribution in [3.05, 3.63) is 0 Å². The summed E-state index contributed by atoms with van der Waals surface area (Å²) in [7, 11) is 1.60. The van der Waals surface area contributed by atoms with Crippen LogP contribution in [0.1, 0.15) is 19.3 Å². The van der Waals surface area contributed by atoms with Gasteiger partial charge in [0.25, 0.3) is 0 Å². The molecule has 0 aromatic heterocycles. The van der Waals surface area contributed by atoms with Gasteiger partial charge in [0.2, 0.25) is 5.91 Å². The average Bonchev–Trinajstić information content (AvgIpc) is 2.37. The molecule has 6 nitrogen and oxygen atoms in total. The number of nitrogens with one attached hydrogen (secondary N) is 1. The summed E-state index contributed by atoms with van der Waals surface area (Å²) in [5.41, 5.74) is 5.82. The molecule has 1 amide bonds. The van der Waals surface area contributed by atoms with Crippen LogP contribution in [0.3, 0.4) is 0 Å². The van der Waals surface area contributed by atoms with Crippen LogP contribution in [0.2, 0.25) is 0 Å². The van der Waals surface area contributed by atoms with E-state index in [1.807, 2.05) is 4.90 Å². The number of ether oxygens (including phenoxy) is 1. The second-order valence-electron chi connectivity index (χ2n) is 4.06. The van der Waals surface area contributed by atoms with Gasteiger partial charge >= 0.3 is 0 Å². The number of carbonyl (C=O) groups excluding carboxylic acids is 1. The summed E-state index contributed by atoms with van der Waals surface area (Å²) in [5, 5.41) is 2.70. The monoisotopic (exact) mass is 242 g/mol. The smallest absolute Gasteiger partial charge is 0.241 e. The van der Waals surface area contributed by atoms with Gasteiger partial charge in [-0.05, 0) is 19.3 Å². The predicted octanol–water partition coefficient (Wildman–Crippen LogP) is -0.450. The van der Waals surface area contributed by atoms with E-state index in [0.29, 0.717) is 19.1 Å². The Labute approximate surface area is 102 Å². The standard InChI is InChI=1S/C11H22N4O2/c1-17-8-5-13-10(16)9-14-11(12)15-6-3-2-4-7-15/h2-9H2,1H3,(H2,12,14)(H,13,16). The molecule has 1 heterocycles. The highest BCUT2D eigenvalue weighted by molar-refractivity contribution is 5.84. The fraction of sp³-hybridized carbons (Fsp3) is 0.818. The maximum Gasteiger partial charge on any atom is 0.241 e. The van der Waals surface area contributed by atoms with Crippen LogP contribution in [0.4, 0.5) is 0 Å². The van der Waals surface area contributed by atoms with Gasteiger partial charge in [0, 0.05) is 26.7 Å². The number of nitrogens with zero attached hydrogens (tertiary/aromatic N) is 2. The van der Waals surface area contributed by atoms with Crippen molar-refractivity contribution in [2.45, 2.75) is 19.3 Å². The molecule has 1 aliphatic rings. The van der Waals surface area contributed by atoms with Crippen molar-refractivity contribution in [1.82, 2.24) is 10.2 Å². The van der Waals surface area contributed by atoms with E-state index < -0.39 is 0 Å². The summed E-state index contributed by atoms with van der Waals surface area (Å²) in [6.07, 6.45) is 3.55. The summed E-state index contributed by atoms with van der Waals surface area (Å²) < 4.78 is 4.83. The molecule has 0 bridgehead atoms. The number of aliphatic imine (C=N–C) groups is 1. The molecule has 1 aliphatic heterocycles. The van der Waals surface area contributed by atoms with Crippen molar-refractivity contribution >= 4 is 11.9 Å². The highest BCUT2D eigenvalue weighted by atomic mass is 16.5. The molecule has 3 N–H and O–H groups in total. The van der Waals surface area contributed by atoms with Crippen LogP contribution >= 0.6 is 0 Å². The zero-order chi connectivity index (χ0) is 12.5. The van der Waals surface area contributed by atoms with Crippen molar-refractivity contribution < 1.29 is 9.53 Å². The van der Waals surface area contributed by atoms with Gasteiger partial charge in [0.1, 0.15) is 6.54 Å². The quantitative estimate of drug-likeness (QED) is 0.389. The third kappa shape index (κ3) is 5.53. The molecule has 0 aliphatic carbocycles. The Morgan fingerprint density at radius 2 is 2.12 bits per heavy atom. The number of hydrogen-bond acceptors (Lipinski definition) is 3. The van der Waals surface area contributed by atoms with Crippen molar-refractivity contribution in [2.24, 2.45) is 10.7 Å². The van der Waals surface area contributed by atoms with Gasteiger partial charge in [-0.3, -0.25) is 4.79 Å². The first-order valence-corrected chi connectivity index (χ1v) is 6.04. The van der Waals surface area contributed by atoms with Crippen LogP contribution in [-0.2, 0) is 9.53 Å². The number of piperidine rings is 1. The topological polar surface area (TPSA) is 79.9 Å². The van der Waals surface area contributed by atoms with Crippen LogP contribution in [0.5, 0.6) is 0 Å². The molecule has 1 fully saturated rings. The van der Waals surface area contributed by atoms with Crippen LogP contribution < -0.4 is 11.1 Å². The summed E-state index contributed by atoms with van der Waals surface area (Å²) in [6, 6.07) is 0. The first-order chi connectivity index (χ1) is 8.24. The van der Waals surface area contributed by atoms with Gasteiger partial charge in [-0.1, -0.05) is 0 Å². The number of likely N-dealkylation sites (tertiary alicyclic amines) is 1. The van der Waals surface area contributed by atoms with Crippen molar-refractivity contribution in [1.29, 1.82) is 0 Å². The summed E-state index contributed by atoms with van der Waals surface area (Å²) in [5.74, 6) is 0.355. The van der Waals surface area contributed by atoms with Crippen molar-refractivity contribution in [2.75, 3.05) is 39.9 Å². The minimum atomic E-state index is -0.123. The minimum absolute atomic E-state index is 0.0893. The molecule has 1 saturated heterocycles. The number of carbonyl (C=O) groups is 1. The molecule has 0 spiro atoms. The van der Waals surface area contributed by atoms with Gasteiger partial charge in [-0.2, -0.15) is 0 Å². The lowest BCUT2D eigenvalue weighted by molar-refractivity contribution is -0.119. The first kappa shape index (κ1) is 13.8. The van der Waals surface area contributed by atoms with Crippen LogP contribution in [-0.4, -0.2) is 56.7 Å². The first-order valence-electron chi connectivity index (χ1n) is 6.04. The SMILES string of the molecule is COCCNC(=O)CN=C(N)N1CCCCC1. The van der Waals surface area contributed by atoms with Gasteiger partial charge in [0.05, 0.1) is 6.61 Å². The maximum atomic E-state index is 11.4. The van der Waals surface area contributed by atoms with Gasteiger partial charge < -0.3 is 20.7 Å². The second-order valence-corrected chi connectivity index (χ2v) is 4.06. The summed E-state index contributed by atoms with van der Waals surface area (Å²) in [4.78, 5) is 17.5. The lowest BCUT2D eigenvalue weighted by Crippen LogP contribution is -2.41. The molecule has 0 aromatic carbocycles.